The second-order valence-corrected chi connectivity index (χ2v) is 7.91. The maximum atomic E-state index is 13.1. The van der Waals surface area contributed by atoms with E-state index in [0.29, 0.717) is 5.56 Å². The van der Waals surface area contributed by atoms with Gasteiger partial charge in [0.1, 0.15) is 29.6 Å². The van der Waals surface area contributed by atoms with Crippen LogP contribution in [0.4, 0.5) is 40.8 Å². The molecule has 0 aromatic heterocycles. The van der Waals surface area contributed by atoms with Crippen molar-refractivity contribution in [3.8, 4) is 23.0 Å². The first-order valence-corrected chi connectivity index (χ1v) is 10.9. The molecule has 0 aliphatic carbocycles. The molecule has 13 heteroatoms. The molecule has 0 aliphatic heterocycles. The lowest BCUT2D eigenvalue weighted by Gasteiger charge is -2.29. The molecule has 0 saturated carbocycles. The van der Waals surface area contributed by atoms with Crippen LogP contribution in [0, 0.1) is 0 Å². The summed E-state index contributed by atoms with van der Waals surface area (Å²) in [5, 5.41) is 9.71. The number of benzene rings is 3. The highest BCUT2D eigenvalue weighted by Gasteiger charge is 2.39. The van der Waals surface area contributed by atoms with E-state index in [0.717, 1.165) is 12.1 Å². The summed E-state index contributed by atoms with van der Waals surface area (Å²) in [6.07, 6.45) is -15.3. The van der Waals surface area contributed by atoms with Crippen LogP contribution in [0.1, 0.15) is 5.56 Å². The molecule has 0 heterocycles. The Morgan fingerprint density at radius 1 is 0.763 bits per heavy atom. The average molecular weight is 551 g/mol. The van der Waals surface area contributed by atoms with Crippen molar-refractivity contribution in [3.05, 3.63) is 78.4 Å². The van der Waals surface area contributed by atoms with Gasteiger partial charge in [0.05, 0.1) is 6.54 Å². The van der Waals surface area contributed by atoms with Gasteiger partial charge in [-0.3, -0.25) is 0 Å². The number of alkyl halides is 8. The van der Waals surface area contributed by atoms with Gasteiger partial charge in [-0.25, -0.2) is 8.78 Å². The number of ether oxygens (including phenoxy) is 3. The van der Waals surface area contributed by atoms with E-state index in [4.69, 9.17) is 9.47 Å². The molecule has 0 unspecified atom stereocenters. The molecule has 0 fully saturated rings. The fourth-order valence-electron chi connectivity index (χ4n) is 3.30. The van der Waals surface area contributed by atoms with Gasteiger partial charge in [0, 0.05) is 24.4 Å². The molecular formula is C25H21F8NO4. The van der Waals surface area contributed by atoms with Gasteiger partial charge in [0.2, 0.25) is 0 Å². The minimum Gasteiger partial charge on any atom is -0.488 e. The lowest BCUT2D eigenvalue weighted by atomic mass is 10.1. The molecule has 206 valence electrons. The van der Waals surface area contributed by atoms with Crippen LogP contribution in [-0.2, 0) is 6.54 Å². The topological polar surface area (TPSA) is 51.2 Å². The minimum absolute atomic E-state index is 0.0327. The number of aliphatic hydroxyl groups is 1. The minimum atomic E-state index is -4.92. The number of rotatable bonds is 11. The number of halogens is 8. The molecule has 38 heavy (non-hydrogen) atoms. The summed E-state index contributed by atoms with van der Waals surface area (Å²) in [4.78, 5) is 1.18. The Bertz CT molecular complexity index is 1190. The van der Waals surface area contributed by atoms with E-state index in [1.54, 1.807) is 0 Å². The lowest BCUT2D eigenvalue weighted by Crippen LogP contribution is -2.40. The van der Waals surface area contributed by atoms with Gasteiger partial charge < -0.3 is 24.2 Å². The third-order valence-corrected chi connectivity index (χ3v) is 4.88. The first kappa shape index (κ1) is 28.8. The molecule has 0 radical (unpaired) electrons. The van der Waals surface area contributed by atoms with Crippen molar-refractivity contribution < 1.29 is 54.4 Å². The van der Waals surface area contributed by atoms with Crippen LogP contribution in [0.2, 0.25) is 0 Å². The van der Waals surface area contributed by atoms with Crippen LogP contribution in [0.5, 0.6) is 23.0 Å². The Morgan fingerprint density at radius 2 is 1.37 bits per heavy atom. The standard InChI is InChI=1S/C25H21F8NO4/c26-23(27)15-36-18-6-1-4-16(10-18)13-34(14-22(35)24(28,29)30)17-5-2-7-19(11-17)37-20-8-3-9-21(12-20)38-25(31,32)33/h1-12,22-23,35H,13-15H2/t22-/m1/s1. The zero-order valence-corrected chi connectivity index (χ0v) is 19.3. The lowest BCUT2D eigenvalue weighted by molar-refractivity contribution is -0.274. The number of hydrogen-bond donors (Lipinski definition) is 1. The maximum absolute atomic E-state index is 13.1. The number of aliphatic hydroxyl groups excluding tert-OH is 1. The van der Waals surface area contributed by atoms with E-state index in [2.05, 4.69) is 4.74 Å². The summed E-state index contributed by atoms with van der Waals surface area (Å²) in [5.41, 5.74) is 0.571. The molecule has 1 N–H and O–H groups in total. The predicted octanol–water partition coefficient (Wildman–Crippen LogP) is 6.95. The zero-order chi connectivity index (χ0) is 27.9. The molecule has 3 aromatic rings. The zero-order valence-electron chi connectivity index (χ0n) is 19.3. The summed E-state index contributed by atoms with van der Waals surface area (Å²) in [6.45, 7) is -1.93. The summed E-state index contributed by atoms with van der Waals surface area (Å²) in [7, 11) is 0. The highest BCUT2D eigenvalue weighted by atomic mass is 19.4. The quantitative estimate of drug-likeness (QED) is 0.262. The van der Waals surface area contributed by atoms with Crippen LogP contribution in [-0.4, -0.2) is 43.3 Å². The Morgan fingerprint density at radius 3 is 2.03 bits per heavy atom. The van der Waals surface area contributed by atoms with E-state index < -0.39 is 44.0 Å². The molecule has 0 amide bonds. The van der Waals surface area contributed by atoms with E-state index in [-0.39, 0.29) is 29.5 Å². The highest BCUT2D eigenvalue weighted by molar-refractivity contribution is 5.52. The molecule has 0 spiro atoms. The van der Waals surface area contributed by atoms with Gasteiger partial charge >= 0.3 is 12.5 Å². The van der Waals surface area contributed by atoms with Gasteiger partial charge in [-0.05, 0) is 42.0 Å². The molecule has 3 aromatic carbocycles. The van der Waals surface area contributed by atoms with E-state index in [1.165, 1.54) is 65.6 Å². The SMILES string of the molecule is O[C@H](CN(Cc1cccc(OCC(F)F)c1)c1cccc(Oc2cccc(OC(F)(F)F)c2)c1)C(F)(F)F. The van der Waals surface area contributed by atoms with E-state index >= 15 is 0 Å². The first-order chi connectivity index (χ1) is 17.8. The molecular weight excluding hydrogens is 530 g/mol. The van der Waals surface area contributed by atoms with Crippen molar-refractivity contribution >= 4 is 5.69 Å². The molecule has 5 nitrogen and oxygen atoms in total. The second kappa shape index (κ2) is 12.2. The summed E-state index contributed by atoms with van der Waals surface area (Å²) in [5.74, 6) is -0.408. The van der Waals surface area contributed by atoms with Gasteiger partial charge in [0.15, 0.2) is 6.10 Å². The van der Waals surface area contributed by atoms with Crippen molar-refractivity contribution in [1.82, 2.24) is 0 Å². The van der Waals surface area contributed by atoms with Crippen molar-refractivity contribution in [1.29, 1.82) is 0 Å². The van der Waals surface area contributed by atoms with Crippen LogP contribution < -0.4 is 19.1 Å². The second-order valence-electron chi connectivity index (χ2n) is 7.91. The van der Waals surface area contributed by atoms with Crippen molar-refractivity contribution in [2.24, 2.45) is 0 Å². The van der Waals surface area contributed by atoms with Gasteiger partial charge in [-0.1, -0.05) is 24.3 Å². The van der Waals surface area contributed by atoms with Crippen molar-refractivity contribution in [2.45, 2.75) is 31.6 Å². The molecule has 0 saturated heterocycles. The number of nitrogens with zero attached hydrogens (tertiary/aromatic N) is 1. The fraction of sp³-hybridized carbons (Fsp3) is 0.280. The van der Waals surface area contributed by atoms with Gasteiger partial charge in [0.25, 0.3) is 6.43 Å². The highest BCUT2D eigenvalue weighted by Crippen LogP contribution is 2.32. The van der Waals surface area contributed by atoms with Crippen molar-refractivity contribution in [3.63, 3.8) is 0 Å². The number of anilines is 1. The average Bonchev–Trinajstić information content (AvgIpc) is 2.81. The monoisotopic (exact) mass is 551 g/mol. The smallest absolute Gasteiger partial charge is 0.488 e. The van der Waals surface area contributed by atoms with Crippen LogP contribution >= 0.6 is 0 Å². The van der Waals surface area contributed by atoms with Gasteiger partial charge in [-0.2, -0.15) is 13.2 Å². The third-order valence-electron chi connectivity index (χ3n) is 4.88. The Hall–Kier alpha value is -3.74. The Balaban J connectivity index is 1.85. The summed E-state index contributed by atoms with van der Waals surface area (Å²) in [6, 6.07) is 16.1. The van der Waals surface area contributed by atoms with E-state index in [9.17, 15) is 40.2 Å². The van der Waals surface area contributed by atoms with Crippen LogP contribution in [0.15, 0.2) is 72.8 Å². The predicted molar refractivity (Wildman–Crippen MR) is 121 cm³/mol. The molecule has 1 atom stereocenters. The number of hydrogen-bond acceptors (Lipinski definition) is 5. The Labute approximate surface area is 211 Å². The van der Waals surface area contributed by atoms with Crippen LogP contribution in [0.25, 0.3) is 0 Å². The fourth-order valence-corrected chi connectivity index (χ4v) is 3.30. The first-order valence-electron chi connectivity index (χ1n) is 10.9. The van der Waals surface area contributed by atoms with Crippen LogP contribution in [0.3, 0.4) is 0 Å². The Kier molecular flexibility index (Phi) is 9.26. The maximum Gasteiger partial charge on any atom is 0.573 e. The summed E-state index contributed by atoms with van der Waals surface area (Å²) >= 11 is 0. The molecule has 0 bridgehead atoms. The molecule has 3 rings (SSSR count). The summed E-state index contributed by atoms with van der Waals surface area (Å²) < 4.78 is 116. The molecule has 0 aliphatic rings. The van der Waals surface area contributed by atoms with Gasteiger partial charge in [-0.15, -0.1) is 13.2 Å². The van der Waals surface area contributed by atoms with Crippen molar-refractivity contribution in [2.75, 3.05) is 18.1 Å². The van der Waals surface area contributed by atoms with E-state index in [1.807, 2.05) is 0 Å². The largest absolute Gasteiger partial charge is 0.573 e. The third kappa shape index (κ3) is 9.29. The normalized spacial score (nSPS) is 12.8.